The number of nitrogens with one attached hydrogen (secondary N) is 2. The lowest BCUT2D eigenvalue weighted by Gasteiger charge is -2.03. The molecule has 6 heteroatoms. The average Bonchev–Trinajstić information content (AvgIpc) is 2.14. The van der Waals surface area contributed by atoms with Crippen molar-refractivity contribution in [2.24, 2.45) is 0 Å². The smallest absolute Gasteiger partial charge is 0.242 e. The number of aromatic nitrogens is 3. The minimum atomic E-state index is -0.0473. The Bertz CT molecular complexity index is 263. The molecule has 0 aromatic carbocycles. The lowest BCUT2D eigenvalue weighted by atomic mass is 10.6. The van der Waals surface area contributed by atoms with E-state index >= 15 is 0 Å². The van der Waals surface area contributed by atoms with Crippen LogP contribution in [0.25, 0.3) is 0 Å². The summed E-state index contributed by atoms with van der Waals surface area (Å²) in [4.78, 5) is 14.4. The number of anilines is 1. The van der Waals surface area contributed by atoms with Crippen LogP contribution in [0.4, 0.5) is 5.95 Å². The molecule has 1 amide bonds. The highest BCUT2D eigenvalue weighted by atomic mass is 16.1. The highest BCUT2D eigenvalue weighted by Gasteiger charge is 1.93. The standard InChI is InChI=1S/C7H11N5O/c1-6(13)8-2-3-9-7-10-4-5-11-12-7/h4-5H,2-3H2,1H3,(H,8,13)(H,9,10,12). The van der Waals surface area contributed by atoms with E-state index in [4.69, 9.17) is 0 Å². The van der Waals surface area contributed by atoms with Crippen molar-refractivity contribution in [1.29, 1.82) is 0 Å². The molecule has 1 aromatic heterocycles. The zero-order valence-electron chi connectivity index (χ0n) is 7.32. The molecule has 0 unspecified atom stereocenters. The number of rotatable bonds is 4. The van der Waals surface area contributed by atoms with E-state index in [-0.39, 0.29) is 5.91 Å². The first kappa shape index (κ1) is 9.37. The highest BCUT2D eigenvalue weighted by molar-refractivity contribution is 5.72. The van der Waals surface area contributed by atoms with Crippen LogP contribution in [0.1, 0.15) is 6.92 Å². The van der Waals surface area contributed by atoms with Gasteiger partial charge in [-0.2, -0.15) is 5.10 Å². The van der Waals surface area contributed by atoms with E-state index in [2.05, 4.69) is 25.8 Å². The van der Waals surface area contributed by atoms with Gasteiger partial charge in [-0.05, 0) is 0 Å². The Labute approximate surface area is 75.8 Å². The normalized spacial score (nSPS) is 9.31. The van der Waals surface area contributed by atoms with Crippen LogP contribution in [-0.4, -0.2) is 34.2 Å². The summed E-state index contributed by atoms with van der Waals surface area (Å²) >= 11 is 0. The van der Waals surface area contributed by atoms with Gasteiger partial charge in [0.05, 0.1) is 12.4 Å². The lowest BCUT2D eigenvalue weighted by molar-refractivity contribution is -0.118. The zero-order valence-corrected chi connectivity index (χ0v) is 7.32. The van der Waals surface area contributed by atoms with Crippen molar-refractivity contribution in [1.82, 2.24) is 20.5 Å². The van der Waals surface area contributed by atoms with E-state index in [1.165, 1.54) is 13.1 Å². The van der Waals surface area contributed by atoms with Gasteiger partial charge in [-0.3, -0.25) is 4.79 Å². The van der Waals surface area contributed by atoms with Crippen LogP contribution in [0.15, 0.2) is 12.4 Å². The molecule has 0 atom stereocenters. The SMILES string of the molecule is CC(=O)NCCNc1nccnn1. The molecule has 0 fully saturated rings. The van der Waals surface area contributed by atoms with Crippen LogP contribution < -0.4 is 10.6 Å². The molecule has 0 saturated carbocycles. The molecule has 0 bridgehead atoms. The van der Waals surface area contributed by atoms with Crippen molar-refractivity contribution >= 4 is 11.9 Å². The fraction of sp³-hybridized carbons (Fsp3) is 0.429. The third-order valence-electron chi connectivity index (χ3n) is 1.26. The summed E-state index contributed by atoms with van der Waals surface area (Å²) in [5.41, 5.74) is 0. The third kappa shape index (κ3) is 4.00. The molecule has 0 aliphatic rings. The third-order valence-corrected chi connectivity index (χ3v) is 1.26. The molecule has 1 aromatic rings. The van der Waals surface area contributed by atoms with Crippen molar-refractivity contribution in [2.45, 2.75) is 6.92 Å². The summed E-state index contributed by atoms with van der Waals surface area (Å²) < 4.78 is 0. The summed E-state index contributed by atoms with van der Waals surface area (Å²) in [6.45, 7) is 2.61. The van der Waals surface area contributed by atoms with Gasteiger partial charge in [-0.15, -0.1) is 5.10 Å². The molecule has 0 radical (unpaired) electrons. The van der Waals surface area contributed by atoms with E-state index in [9.17, 15) is 4.79 Å². The van der Waals surface area contributed by atoms with E-state index in [1.54, 1.807) is 6.20 Å². The summed E-state index contributed by atoms with van der Waals surface area (Å²) in [7, 11) is 0. The Morgan fingerprint density at radius 1 is 1.46 bits per heavy atom. The van der Waals surface area contributed by atoms with E-state index in [1.807, 2.05) is 0 Å². The average molecular weight is 181 g/mol. The van der Waals surface area contributed by atoms with Gasteiger partial charge < -0.3 is 10.6 Å². The fourth-order valence-corrected chi connectivity index (χ4v) is 0.741. The van der Waals surface area contributed by atoms with Crippen LogP contribution in [0.2, 0.25) is 0 Å². The number of hydrogen-bond donors (Lipinski definition) is 2. The van der Waals surface area contributed by atoms with E-state index < -0.39 is 0 Å². The molecule has 13 heavy (non-hydrogen) atoms. The summed E-state index contributed by atoms with van der Waals surface area (Å²) in [5.74, 6) is 0.418. The fourth-order valence-electron chi connectivity index (χ4n) is 0.741. The Morgan fingerprint density at radius 2 is 2.31 bits per heavy atom. The largest absolute Gasteiger partial charge is 0.355 e. The number of nitrogens with zero attached hydrogens (tertiary/aromatic N) is 3. The lowest BCUT2D eigenvalue weighted by Crippen LogP contribution is -2.26. The Kier molecular flexibility index (Phi) is 3.62. The number of hydrogen-bond acceptors (Lipinski definition) is 5. The second-order valence-electron chi connectivity index (χ2n) is 2.38. The second-order valence-corrected chi connectivity index (χ2v) is 2.38. The van der Waals surface area contributed by atoms with Crippen molar-refractivity contribution in [3.63, 3.8) is 0 Å². The van der Waals surface area contributed by atoms with Crippen LogP contribution in [0, 0.1) is 0 Å². The molecule has 0 aliphatic carbocycles. The van der Waals surface area contributed by atoms with Crippen molar-refractivity contribution in [2.75, 3.05) is 18.4 Å². The minimum absolute atomic E-state index is 0.0473. The first-order valence-corrected chi connectivity index (χ1v) is 3.91. The van der Waals surface area contributed by atoms with Crippen molar-refractivity contribution < 1.29 is 4.79 Å². The topological polar surface area (TPSA) is 79.8 Å². The summed E-state index contributed by atoms with van der Waals surface area (Å²) in [6, 6.07) is 0. The zero-order chi connectivity index (χ0) is 9.52. The second kappa shape index (κ2) is 5.02. The molecular weight excluding hydrogens is 170 g/mol. The van der Waals surface area contributed by atoms with Gasteiger partial charge in [0.15, 0.2) is 0 Å². The van der Waals surface area contributed by atoms with Crippen molar-refractivity contribution in [3.05, 3.63) is 12.4 Å². The summed E-state index contributed by atoms with van der Waals surface area (Å²) in [5, 5.41) is 12.9. The number of amides is 1. The number of carbonyl (C=O) groups excluding carboxylic acids is 1. The van der Waals surface area contributed by atoms with Gasteiger partial charge in [0, 0.05) is 20.0 Å². The molecular formula is C7H11N5O. The monoisotopic (exact) mass is 181 g/mol. The van der Waals surface area contributed by atoms with Gasteiger partial charge in [0.1, 0.15) is 0 Å². The molecule has 1 heterocycles. The Balaban J connectivity index is 2.17. The number of carbonyl (C=O) groups is 1. The Hall–Kier alpha value is -1.72. The van der Waals surface area contributed by atoms with Gasteiger partial charge in [0.2, 0.25) is 11.9 Å². The maximum Gasteiger partial charge on any atom is 0.242 e. The molecule has 0 spiro atoms. The predicted molar refractivity (Wildman–Crippen MR) is 47.0 cm³/mol. The Morgan fingerprint density at radius 3 is 2.92 bits per heavy atom. The van der Waals surface area contributed by atoms with Gasteiger partial charge in [-0.25, -0.2) is 4.98 Å². The highest BCUT2D eigenvalue weighted by Crippen LogP contribution is 1.88. The first-order valence-electron chi connectivity index (χ1n) is 3.91. The van der Waals surface area contributed by atoms with E-state index in [0.29, 0.717) is 19.0 Å². The van der Waals surface area contributed by atoms with Gasteiger partial charge in [-0.1, -0.05) is 0 Å². The van der Waals surface area contributed by atoms with Gasteiger partial charge in [0.25, 0.3) is 0 Å². The van der Waals surface area contributed by atoms with Crippen LogP contribution >= 0.6 is 0 Å². The van der Waals surface area contributed by atoms with Crippen LogP contribution in [-0.2, 0) is 4.79 Å². The predicted octanol–water partition coefficient (Wildman–Crippen LogP) is -0.580. The minimum Gasteiger partial charge on any atom is -0.355 e. The van der Waals surface area contributed by atoms with Gasteiger partial charge >= 0.3 is 0 Å². The molecule has 6 nitrogen and oxygen atoms in total. The maximum absolute atomic E-state index is 10.5. The maximum atomic E-state index is 10.5. The first-order chi connectivity index (χ1) is 6.29. The molecule has 70 valence electrons. The molecule has 0 saturated heterocycles. The van der Waals surface area contributed by atoms with Crippen LogP contribution in [0.3, 0.4) is 0 Å². The van der Waals surface area contributed by atoms with Crippen LogP contribution in [0.5, 0.6) is 0 Å². The van der Waals surface area contributed by atoms with Crippen molar-refractivity contribution in [3.8, 4) is 0 Å². The molecule has 1 rings (SSSR count). The molecule has 2 N–H and O–H groups in total. The quantitative estimate of drug-likeness (QED) is 0.607. The van der Waals surface area contributed by atoms with E-state index in [0.717, 1.165) is 0 Å². The summed E-state index contributed by atoms with van der Waals surface area (Å²) in [6.07, 6.45) is 3.05. The molecule has 0 aliphatic heterocycles.